The molecule has 2 aromatic rings. The van der Waals surface area contributed by atoms with E-state index in [1.54, 1.807) is 44.9 Å². The molecule has 7 N–H and O–H groups in total. The predicted octanol–water partition coefficient (Wildman–Crippen LogP) is 3.81. The summed E-state index contributed by atoms with van der Waals surface area (Å²) in [5.41, 5.74) is 14.8. The SMILES string of the molecule is CC(C)(C)OC(N)=O.CNC(=O)NC1CC(C(=O)NCc2ccc(NC)c(N=N)c2)N(C(=O)CCCc2ccccc2)C1. The first-order chi connectivity index (χ1) is 20.4. The summed E-state index contributed by atoms with van der Waals surface area (Å²) in [5, 5.41) is 14.7. The molecule has 1 heterocycles. The summed E-state index contributed by atoms with van der Waals surface area (Å²) >= 11 is 0. The molecule has 43 heavy (non-hydrogen) atoms. The van der Waals surface area contributed by atoms with E-state index in [9.17, 15) is 19.2 Å². The topological polar surface area (TPSA) is 191 Å². The van der Waals surface area contributed by atoms with Gasteiger partial charge in [-0.3, -0.25) is 9.59 Å². The van der Waals surface area contributed by atoms with Crippen LogP contribution >= 0.6 is 0 Å². The van der Waals surface area contributed by atoms with Crippen molar-refractivity contribution in [1.82, 2.24) is 20.9 Å². The van der Waals surface area contributed by atoms with Crippen molar-refractivity contribution < 1.29 is 23.9 Å². The highest BCUT2D eigenvalue weighted by molar-refractivity contribution is 5.88. The molecule has 234 valence electrons. The highest BCUT2D eigenvalue weighted by Gasteiger charge is 2.39. The van der Waals surface area contributed by atoms with E-state index < -0.39 is 17.7 Å². The van der Waals surface area contributed by atoms with Crippen LogP contribution in [0.25, 0.3) is 0 Å². The van der Waals surface area contributed by atoms with E-state index in [0.29, 0.717) is 24.9 Å². The summed E-state index contributed by atoms with van der Waals surface area (Å²) in [5.74, 6) is -0.374. The van der Waals surface area contributed by atoms with E-state index in [-0.39, 0.29) is 37.0 Å². The van der Waals surface area contributed by atoms with Crippen LogP contribution in [0.15, 0.2) is 53.6 Å². The number of amides is 5. The third-order valence-electron chi connectivity index (χ3n) is 6.51. The third-order valence-corrected chi connectivity index (χ3v) is 6.51. The molecule has 0 bridgehead atoms. The molecule has 1 fully saturated rings. The number of nitrogens with one attached hydrogen (secondary N) is 5. The van der Waals surface area contributed by atoms with Crippen molar-refractivity contribution in [3.8, 4) is 0 Å². The van der Waals surface area contributed by atoms with Crippen LogP contribution in [-0.4, -0.2) is 67.2 Å². The predicted molar refractivity (Wildman–Crippen MR) is 164 cm³/mol. The molecule has 2 atom stereocenters. The van der Waals surface area contributed by atoms with E-state index in [2.05, 4.69) is 31.1 Å². The lowest BCUT2D eigenvalue weighted by atomic mass is 10.1. The van der Waals surface area contributed by atoms with Crippen LogP contribution in [0, 0.1) is 5.53 Å². The Hall–Kier alpha value is -4.68. The molecule has 13 nitrogen and oxygen atoms in total. The molecule has 0 saturated carbocycles. The maximum absolute atomic E-state index is 13.1. The Morgan fingerprint density at radius 3 is 2.33 bits per heavy atom. The Morgan fingerprint density at radius 2 is 1.77 bits per heavy atom. The number of primary amides is 1. The molecule has 1 saturated heterocycles. The highest BCUT2D eigenvalue weighted by Crippen LogP contribution is 2.26. The number of nitrogens with two attached hydrogens (primary N) is 1. The van der Waals surface area contributed by atoms with E-state index in [1.807, 2.05) is 36.4 Å². The van der Waals surface area contributed by atoms with Gasteiger partial charge in [0.2, 0.25) is 11.8 Å². The summed E-state index contributed by atoms with van der Waals surface area (Å²) in [7, 11) is 3.28. The van der Waals surface area contributed by atoms with Crippen LogP contribution in [0.3, 0.4) is 0 Å². The first kappa shape index (κ1) is 34.5. The molecular weight excluding hydrogens is 552 g/mol. The smallest absolute Gasteiger partial charge is 0.405 e. The molecule has 13 heteroatoms. The van der Waals surface area contributed by atoms with Crippen LogP contribution < -0.4 is 27.0 Å². The standard InChI is InChI=1S/C25H33N7O3.C5H11NO2/c1-27-20-12-11-18(13-21(20)31-26)15-29-24(34)22-14-19(30-25(35)28-2)16-32(22)23(33)10-6-9-17-7-4-3-5-8-17;1-5(2,3)8-4(6)7/h3-5,7-8,11-13,19,22,26-27H,6,9-10,14-16H2,1-2H3,(H,29,34)(H2,28,30,35);1-3H3,(H2,6,7). The zero-order valence-electron chi connectivity index (χ0n) is 25.5. The van der Waals surface area contributed by atoms with Crippen molar-refractivity contribution >= 4 is 35.3 Å². The van der Waals surface area contributed by atoms with Crippen molar-refractivity contribution in [3.63, 3.8) is 0 Å². The van der Waals surface area contributed by atoms with Crippen LogP contribution in [0.5, 0.6) is 0 Å². The van der Waals surface area contributed by atoms with Gasteiger partial charge >= 0.3 is 12.1 Å². The average molecular weight is 597 g/mol. The molecule has 0 spiro atoms. The van der Waals surface area contributed by atoms with Crippen molar-refractivity contribution in [2.45, 2.75) is 70.7 Å². The fourth-order valence-corrected chi connectivity index (χ4v) is 4.55. The second-order valence-corrected chi connectivity index (χ2v) is 11.0. The van der Waals surface area contributed by atoms with E-state index in [4.69, 9.17) is 11.3 Å². The van der Waals surface area contributed by atoms with E-state index in [0.717, 1.165) is 17.7 Å². The number of nitrogens with zero attached hydrogens (tertiary/aromatic N) is 2. The van der Waals surface area contributed by atoms with Gasteiger partial charge in [0.15, 0.2) is 0 Å². The van der Waals surface area contributed by atoms with Gasteiger partial charge in [0.1, 0.15) is 17.3 Å². The monoisotopic (exact) mass is 596 g/mol. The van der Waals surface area contributed by atoms with Crippen LogP contribution in [0.4, 0.5) is 21.0 Å². The van der Waals surface area contributed by atoms with Crippen LogP contribution in [0.2, 0.25) is 0 Å². The fraction of sp³-hybridized carbons (Fsp3) is 0.467. The maximum Gasteiger partial charge on any atom is 0.405 e. The summed E-state index contributed by atoms with van der Waals surface area (Å²) in [4.78, 5) is 49.6. The minimum atomic E-state index is -0.725. The Kier molecular flexibility index (Phi) is 13.4. The van der Waals surface area contributed by atoms with Crippen LogP contribution in [-0.2, 0) is 27.3 Å². The number of carbonyl (C=O) groups excluding carboxylic acids is 4. The van der Waals surface area contributed by atoms with E-state index in [1.165, 1.54) is 12.6 Å². The number of likely N-dealkylation sites (tertiary alicyclic amines) is 1. The lowest BCUT2D eigenvalue weighted by molar-refractivity contribution is -0.138. The lowest BCUT2D eigenvalue weighted by Crippen LogP contribution is -2.46. The van der Waals surface area contributed by atoms with Gasteiger partial charge in [-0.25, -0.2) is 15.1 Å². The number of anilines is 1. The third kappa shape index (κ3) is 12.0. The summed E-state index contributed by atoms with van der Waals surface area (Å²) in [6, 6.07) is 14.0. The number of urea groups is 1. The van der Waals surface area contributed by atoms with Crippen molar-refractivity contribution in [2.75, 3.05) is 26.0 Å². The number of ether oxygens (including phenoxy) is 1. The zero-order chi connectivity index (χ0) is 32.0. The van der Waals surface area contributed by atoms with Crippen molar-refractivity contribution in [3.05, 3.63) is 59.7 Å². The normalized spacial score (nSPS) is 15.8. The highest BCUT2D eigenvalue weighted by atomic mass is 16.6. The summed E-state index contributed by atoms with van der Waals surface area (Å²) in [6.45, 7) is 5.81. The summed E-state index contributed by atoms with van der Waals surface area (Å²) in [6.07, 6.45) is 1.40. The minimum Gasteiger partial charge on any atom is -0.444 e. The zero-order valence-corrected chi connectivity index (χ0v) is 25.5. The maximum atomic E-state index is 13.1. The number of rotatable bonds is 10. The van der Waals surface area contributed by atoms with Gasteiger partial charge in [0, 0.05) is 33.6 Å². The van der Waals surface area contributed by atoms with Gasteiger partial charge in [-0.1, -0.05) is 36.4 Å². The number of hydrogen-bond acceptors (Lipinski definition) is 8. The molecular formula is C30H44N8O5. The Bertz CT molecular complexity index is 1250. The second kappa shape index (κ2) is 16.7. The second-order valence-electron chi connectivity index (χ2n) is 11.0. The largest absolute Gasteiger partial charge is 0.444 e. The van der Waals surface area contributed by atoms with Gasteiger partial charge in [-0.2, -0.15) is 5.11 Å². The Morgan fingerprint density at radius 1 is 1.07 bits per heavy atom. The number of carbonyl (C=O) groups is 4. The molecule has 0 radical (unpaired) electrons. The first-order valence-electron chi connectivity index (χ1n) is 14.1. The van der Waals surface area contributed by atoms with Gasteiger partial charge in [0.05, 0.1) is 11.7 Å². The molecule has 1 aliphatic rings. The Labute approximate surface area is 252 Å². The fourth-order valence-electron chi connectivity index (χ4n) is 4.55. The molecule has 3 rings (SSSR count). The molecule has 0 aromatic heterocycles. The van der Waals surface area contributed by atoms with Gasteiger partial charge in [-0.05, 0) is 63.3 Å². The number of aryl methyl sites for hydroxylation is 1. The lowest BCUT2D eigenvalue weighted by Gasteiger charge is -2.24. The van der Waals surface area contributed by atoms with Gasteiger partial charge in [-0.15, -0.1) is 0 Å². The first-order valence-corrected chi connectivity index (χ1v) is 14.1. The Balaban J connectivity index is 0.000000708. The van der Waals surface area contributed by atoms with Crippen molar-refractivity contribution in [1.29, 1.82) is 5.53 Å². The number of benzene rings is 2. The van der Waals surface area contributed by atoms with Gasteiger partial charge < -0.3 is 36.6 Å². The average Bonchev–Trinajstić information content (AvgIpc) is 3.39. The van der Waals surface area contributed by atoms with Crippen LogP contribution in [0.1, 0.15) is 51.2 Å². The molecule has 2 aromatic carbocycles. The van der Waals surface area contributed by atoms with E-state index >= 15 is 0 Å². The molecule has 5 amide bonds. The number of hydrogen-bond donors (Lipinski definition) is 6. The molecule has 2 unspecified atom stereocenters. The minimum absolute atomic E-state index is 0.101. The quantitative estimate of drug-likeness (QED) is 0.226. The molecule has 1 aliphatic heterocycles. The van der Waals surface area contributed by atoms with Gasteiger partial charge in [0.25, 0.3) is 0 Å². The van der Waals surface area contributed by atoms with Crippen molar-refractivity contribution in [2.24, 2.45) is 10.8 Å². The summed E-state index contributed by atoms with van der Waals surface area (Å²) < 4.78 is 4.58. The molecule has 0 aliphatic carbocycles.